The highest BCUT2D eigenvalue weighted by Gasteiger charge is 2.39. The molecule has 2 saturated heterocycles. The van der Waals surface area contributed by atoms with Crippen LogP contribution in [0.1, 0.15) is 48.8 Å². The number of carbonyl (C=O) groups excluding carboxylic acids is 2. The standard InChI is InChI=1S/C36H43ClFN3O6S/c1-24-22-39-23-29(41(24)48(44,45)30-8-4-3-5-9-30)15-16-31-27(7-6-10-32(31)38)21-33(42)35(40-36(43)46-2)34(26-17-19-47-20-18-26)25-11-13-28(37)14-12-25/h3-14,24,26,29,34-35,39H,15-23H2,1-2H3,(H,40,43)/t24-,29+,34+,35-/m1/s1. The van der Waals surface area contributed by atoms with Gasteiger partial charge in [-0.2, -0.15) is 4.31 Å². The topological polar surface area (TPSA) is 114 Å². The van der Waals surface area contributed by atoms with Crippen molar-refractivity contribution in [3.63, 3.8) is 0 Å². The molecule has 0 unspecified atom stereocenters. The highest BCUT2D eigenvalue weighted by Crippen LogP contribution is 2.37. The summed E-state index contributed by atoms with van der Waals surface area (Å²) in [5.41, 5.74) is 1.69. The number of benzene rings is 3. The Bertz CT molecular complexity index is 1650. The second kappa shape index (κ2) is 16.4. The molecule has 0 spiro atoms. The molecular formula is C36H43ClFN3O6S. The molecule has 0 aliphatic carbocycles. The Morgan fingerprint density at radius 1 is 1.04 bits per heavy atom. The van der Waals surface area contributed by atoms with Gasteiger partial charge in [-0.1, -0.05) is 54.1 Å². The quantitative estimate of drug-likeness (QED) is 0.256. The van der Waals surface area contributed by atoms with Crippen LogP contribution in [-0.2, 0) is 37.1 Å². The molecule has 2 heterocycles. The third-order valence-electron chi connectivity index (χ3n) is 9.43. The minimum atomic E-state index is -3.80. The number of piperazine rings is 1. The Hall–Kier alpha value is -3.35. The van der Waals surface area contributed by atoms with Crippen LogP contribution in [0.15, 0.2) is 77.7 Å². The Morgan fingerprint density at radius 3 is 2.44 bits per heavy atom. The van der Waals surface area contributed by atoms with Gasteiger partial charge in [0.1, 0.15) is 5.82 Å². The normalized spacial score (nSPS) is 20.5. The number of amides is 1. The van der Waals surface area contributed by atoms with E-state index in [4.69, 9.17) is 21.1 Å². The number of ketones is 1. The maximum atomic E-state index is 15.6. The minimum absolute atomic E-state index is 0.0244. The lowest BCUT2D eigenvalue weighted by Crippen LogP contribution is -2.58. The maximum Gasteiger partial charge on any atom is 0.407 e. The van der Waals surface area contributed by atoms with Crippen LogP contribution >= 0.6 is 11.6 Å². The number of methoxy groups -OCH3 is 1. The van der Waals surface area contributed by atoms with Crippen molar-refractivity contribution in [1.29, 1.82) is 0 Å². The van der Waals surface area contributed by atoms with Crippen molar-refractivity contribution in [2.75, 3.05) is 33.4 Å². The van der Waals surface area contributed by atoms with Gasteiger partial charge < -0.3 is 20.1 Å². The first kappa shape index (κ1) is 35.9. The van der Waals surface area contributed by atoms with Crippen molar-refractivity contribution in [3.05, 3.63) is 100 Å². The molecule has 0 bridgehead atoms. The number of hydrogen-bond acceptors (Lipinski definition) is 7. The van der Waals surface area contributed by atoms with Crippen molar-refractivity contribution in [2.45, 2.75) is 68.0 Å². The van der Waals surface area contributed by atoms with Gasteiger partial charge in [0.25, 0.3) is 0 Å². The van der Waals surface area contributed by atoms with E-state index in [-0.39, 0.29) is 35.5 Å². The number of Topliss-reactive ketones (excluding diaryl/α,β-unsaturated/α-hetero) is 1. The molecule has 48 heavy (non-hydrogen) atoms. The first-order chi connectivity index (χ1) is 23.1. The monoisotopic (exact) mass is 699 g/mol. The number of nitrogens with one attached hydrogen (secondary N) is 2. The molecule has 4 atom stereocenters. The number of sulfonamides is 1. The Labute approximate surface area is 287 Å². The molecule has 3 aromatic rings. The Balaban J connectivity index is 1.42. The van der Waals surface area contributed by atoms with Crippen LogP contribution in [0.25, 0.3) is 0 Å². The van der Waals surface area contributed by atoms with Crippen LogP contribution in [0, 0.1) is 11.7 Å². The molecule has 12 heteroatoms. The van der Waals surface area contributed by atoms with E-state index >= 15 is 4.39 Å². The summed E-state index contributed by atoms with van der Waals surface area (Å²) in [6, 6.07) is 18.5. The second-order valence-corrected chi connectivity index (χ2v) is 14.8. The molecule has 9 nitrogen and oxygen atoms in total. The lowest BCUT2D eigenvalue weighted by atomic mass is 9.74. The van der Waals surface area contributed by atoms with Crippen LogP contribution < -0.4 is 10.6 Å². The van der Waals surface area contributed by atoms with E-state index in [1.165, 1.54) is 17.5 Å². The summed E-state index contributed by atoms with van der Waals surface area (Å²) >= 11 is 6.20. The Morgan fingerprint density at radius 2 is 1.75 bits per heavy atom. The van der Waals surface area contributed by atoms with E-state index in [1.54, 1.807) is 54.6 Å². The molecule has 0 radical (unpaired) electrons. The summed E-state index contributed by atoms with van der Waals surface area (Å²) in [5.74, 6) is -1.14. The molecule has 2 aliphatic rings. The largest absolute Gasteiger partial charge is 0.453 e. The second-order valence-electron chi connectivity index (χ2n) is 12.5. The summed E-state index contributed by atoms with van der Waals surface area (Å²) in [6.45, 7) is 3.84. The predicted octanol–water partition coefficient (Wildman–Crippen LogP) is 5.51. The van der Waals surface area contributed by atoms with Gasteiger partial charge in [0.15, 0.2) is 5.78 Å². The molecule has 2 fully saturated rings. The van der Waals surface area contributed by atoms with Gasteiger partial charge in [-0.05, 0) is 85.5 Å². The van der Waals surface area contributed by atoms with Crippen molar-refractivity contribution in [3.8, 4) is 0 Å². The molecule has 2 N–H and O–H groups in total. The number of halogens is 2. The molecule has 5 rings (SSSR count). The average molecular weight is 700 g/mol. The number of hydrogen-bond donors (Lipinski definition) is 2. The van der Waals surface area contributed by atoms with Crippen LogP contribution in [0.5, 0.6) is 0 Å². The van der Waals surface area contributed by atoms with Gasteiger partial charge in [-0.25, -0.2) is 17.6 Å². The van der Waals surface area contributed by atoms with Crippen LogP contribution in [0.2, 0.25) is 5.02 Å². The first-order valence-corrected chi connectivity index (χ1v) is 18.2. The van der Waals surface area contributed by atoms with Crippen molar-refractivity contribution >= 4 is 33.5 Å². The molecule has 2 aliphatic heterocycles. The van der Waals surface area contributed by atoms with Crippen molar-refractivity contribution in [1.82, 2.24) is 14.9 Å². The summed E-state index contributed by atoms with van der Waals surface area (Å²) in [4.78, 5) is 27.1. The third kappa shape index (κ3) is 8.44. The zero-order valence-electron chi connectivity index (χ0n) is 27.2. The van der Waals surface area contributed by atoms with Gasteiger partial charge >= 0.3 is 6.09 Å². The number of rotatable bonds is 12. The molecule has 0 saturated carbocycles. The zero-order valence-corrected chi connectivity index (χ0v) is 28.8. The highest BCUT2D eigenvalue weighted by atomic mass is 35.5. The molecule has 1 amide bonds. The van der Waals surface area contributed by atoms with Crippen molar-refractivity contribution in [2.24, 2.45) is 5.92 Å². The fourth-order valence-electron chi connectivity index (χ4n) is 7.09. The van der Waals surface area contributed by atoms with E-state index in [0.29, 0.717) is 61.7 Å². The van der Waals surface area contributed by atoms with Crippen LogP contribution in [0.4, 0.5) is 9.18 Å². The highest BCUT2D eigenvalue weighted by molar-refractivity contribution is 7.89. The SMILES string of the molecule is COC(=O)N[C@H](C(=O)Cc1cccc(F)c1CC[C@H]1CNC[C@@H](C)N1S(=O)(=O)c1ccccc1)[C@@H](c1ccc(Cl)cc1)C1CCOCC1. The zero-order chi connectivity index (χ0) is 34.3. The molecule has 258 valence electrons. The number of carbonyl (C=O) groups is 2. The maximum absolute atomic E-state index is 15.6. The summed E-state index contributed by atoms with van der Waals surface area (Å²) in [7, 11) is -2.56. The van der Waals surface area contributed by atoms with E-state index < -0.39 is 39.9 Å². The van der Waals surface area contributed by atoms with Gasteiger partial charge in [-0.15, -0.1) is 0 Å². The molecule has 0 aromatic heterocycles. The number of ether oxygens (including phenoxy) is 2. The number of nitrogens with zero attached hydrogens (tertiary/aromatic N) is 1. The van der Waals surface area contributed by atoms with Gasteiger partial charge in [0.2, 0.25) is 10.0 Å². The first-order valence-electron chi connectivity index (χ1n) is 16.4. The van der Waals surface area contributed by atoms with E-state index in [1.807, 2.05) is 19.1 Å². The molecule has 3 aromatic carbocycles. The minimum Gasteiger partial charge on any atom is -0.453 e. The van der Waals surface area contributed by atoms with E-state index in [0.717, 1.165) is 5.56 Å². The smallest absolute Gasteiger partial charge is 0.407 e. The number of alkyl carbamates (subject to hydrolysis) is 1. The molecular weight excluding hydrogens is 657 g/mol. The predicted molar refractivity (Wildman–Crippen MR) is 182 cm³/mol. The van der Waals surface area contributed by atoms with Gasteiger partial charge in [-0.3, -0.25) is 4.79 Å². The summed E-state index contributed by atoms with van der Waals surface area (Å²) in [6.07, 6.45) is 1.07. The van der Waals surface area contributed by atoms with Crippen LogP contribution in [-0.4, -0.2) is 76.1 Å². The fraction of sp³-hybridized carbons (Fsp3) is 0.444. The lowest BCUT2D eigenvalue weighted by molar-refractivity contribution is -0.121. The average Bonchev–Trinajstić information content (AvgIpc) is 3.09. The van der Waals surface area contributed by atoms with E-state index in [2.05, 4.69) is 10.6 Å². The van der Waals surface area contributed by atoms with Gasteiger partial charge in [0, 0.05) is 55.7 Å². The lowest BCUT2D eigenvalue weighted by Gasteiger charge is -2.40. The summed E-state index contributed by atoms with van der Waals surface area (Å²) < 4.78 is 55.1. The third-order valence-corrected chi connectivity index (χ3v) is 11.8. The fourth-order valence-corrected chi connectivity index (χ4v) is 9.08. The van der Waals surface area contributed by atoms with Gasteiger partial charge in [0.05, 0.1) is 18.0 Å². The summed E-state index contributed by atoms with van der Waals surface area (Å²) in [5, 5.41) is 6.66. The Kier molecular flexibility index (Phi) is 12.3. The van der Waals surface area contributed by atoms with Crippen molar-refractivity contribution < 1.29 is 31.9 Å². The van der Waals surface area contributed by atoms with E-state index in [9.17, 15) is 18.0 Å². The van der Waals surface area contributed by atoms with Crippen LogP contribution in [0.3, 0.4) is 0 Å².